The number of allylic oxidation sites excluding steroid dienone is 2. The minimum absolute atomic E-state index is 0.295. The molecule has 6 heteroatoms. The molecule has 0 saturated carbocycles. The molecule has 0 saturated heterocycles. The maximum Gasteiger partial charge on any atom is 0.165 e. The lowest BCUT2D eigenvalue weighted by atomic mass is 10.0. The van der Waals surface area contributed by atoms with Crippen molar-refractivity contribution in [3.63, 3.8) is 0 Å². The van der Waals surface area contributed by atoms with E-state index in [1.807, 2.05) is 4.68 Å². The van der Waals surface area contributed by atoms with Crippen LogP contribution < -0.4 is 5.73 Å². The van der Waals surface area contributed by atoms with E-state index in [1.54, 1.807) is 0 Å². The van der Waals surface area contributed by atoms with E-state index in [4.69, 9.17) is 5.73 Å². The van der Waals surface area contributed by atoms with Crippen molar-refractivity contribution in [3.05, 3.63) is 22.2 Å². The molecule has 0 amide bonds. The first-order chi connectivity index (χ1) is 8.27. The fourth-order valence-corrected chi connectivity index (χ4v) is 2.93. The van der Waals surface area contributed by atoms with Gasteiger partial charge in [-0.25, -0.2) is 14.6 Å². The molecular weight excluding hydrogens is 329 g/mol. The van der Waals surface area contributed by atoms with Crippen LogP contribution in [-0.2, 0) is 0 Å². The highest BCUT2D eigenvalue weighted by Crippen LogP contribution is 2.29. The summed E-state index contributed by atoms with van der Waals surface area (Å²) in [5.74, 6) is 0.505. The Bertz CT molecular complexity index is 589. The lowest BCUT2D eigenvalue weighted by molar-refractivity contribution is 0.482. The van der Waals surface area contributed by atoms with E-state index in [1.165, 1.54) is 12.7 Å². The molecule has 2 heterocycles. The van der Waals surface area contributed by atoms with Crippen LogP contribution in [-0.4, -0.2) is 19.7 Å². The molecule has 1 aliphatic carbocycles. The molecule has 2 N–H and O–H groups in total. The van der Waals surface area contributed by atoms with Gasteiger partial charge in [0.25, 0.3) is 0 Å². The average molecular weight is 341 g/mol. The van der Waals surface area contributed by atoms with E-state index in [0.717, 1.165) is 27.6 Å². The summed E-state index contributed by atoms with van der Waals surface area (Å²) in [6.07, 6.45) is 9.36. The molecule has 2 aromatic rings. The summed E-state index contributed by atoms with van der Waals surface area (Å²) in [7, 11) is 0. The van der Waals surface area contributed by atoms with Crippen molar-refractivity contribution in [1.29, 1.82) is 0 Å². The third kappa shape index (κ3) is 1.80. The standard InChI is InChI=1S/C11H12IN5/c12-9-8-10(13)14-6-15-11(8)17(16-9)7-4-2-1-3-5-7/h2,4,6-7H,1,3,5H2,(H2,13,14,15). The van der Waals surface area contributed by atoms with E-state index >= 15 is 0 Å². The Kier molecular flexibility index (Phi) is 2.73. The smallest absolute Gasteiger partial charge is 0.165 e. The number of rotatable bonds is 1. The fraction of sp³-hybridized carbons (Fsp3) is 0.364. The Labute approximate surface area is 112 Å². The van der Waals surface area contributed by atoms with Crippen LogP contribution in [0.15, 0.2) is 18.5 Å². The first kappa shape index (κ1) is 10.9. The van der Waals surface area contributed by atoms with Crippen LogP contribution >= 0.6 is 22.6 Å². The van der Waals surface area contributed by atoms with Crippen LogP contribution in [0.3, 0.4) is 0 Å². The number of fused-ring (bicyclic) bond motifs is 1. The van der Waals surface area contributed by atoms with Crippen molar-refractivity contribution in [2.45, 2.75) is 25.3 Å². The Hall–Kier alpha value is -1.18. The molecular formula is C11H12IN5. The maximum atomic E-state index is 5.87. The van der Waals surface area contributed by atoms with Gasteiger partial charge in [0.05, 0.1) is 11.4 Å². The number of hydrogen-bond donors (Lipinski definition) is 1. The second-order valence-electron chi connectivity index (χ2n) is 4.12. The lowest BCUT2D eigenvalue weighted by Gasteiger charge is -2.17. The number of nitrogens with two attached hydrogens (primary N) is 1. The van der Waals surface area contributed by atoms with Gasteiger partial charge >= 0.3 is 0 Å². The van der Waals surface area contributed by atoms with Gasteiger partial charge in [0.2, 0.25) is 0 Å². The molecule has 1 aliphatic rings. The average Bonchev–Trinajstić information content (AvgIpc) is 2.69. The van der Waals surface area contributed by atoms with E-state index in [9.17, 15) is 0 Å². The van der Waals surface area contributed by atoms with Gasteiger partial charge in [-0.05, 0) is 41.9 Å². The quantitative estimate of drug-likeness (QED) is 0.638. The van der Waals surface area contributed by atoms with Gasteiger partial charge in [-0.2, -0.15) is 5.10 Å². The predicted octanol–water partition coefficient (Wildman–Crippen LogP) is 2.29. The molecule has 0 aliphatic heterocycles. The van der Waals surface area contributed by atoms with Gasteiger partial charge < -0.3 is 5.73 Å². The second-order valence-corrected chi connectivity index (χ2v) is 5.14. The predicted molar refractivity (Wildman–Crippen MR) is 74.5 cm³/mol. The summed E-state index contributed by atoms with van der Waals surface area (Å²) in [6.45, 7) is 0. The molecule has 0 radical (unpaired) electrons. The zero-order chi connectivity index (χ0) is 11.8. The summed E-state index contributed by atoms with van der Waals surface area (Å²) >= 11 is 2.18. The summed E-state index contributed by atoms with van der Waals surface area (Å²) in [6, 6.07) is 0.295. The fourth-order valence-electron chi connectivity index (χ4n) is 2.18. The SMILES string of the molecule is Nc1ncnc2c1c(I)nn2C1C=CCCC1. The third-order valence-corrected chi connectivity index (χ3v) is 3.77. The summed E-state index contributed by atoms with van der Waals surface area (Å²) < 4.78 is 2.83. The first-order valence-corrected chi connectivity index (χ1v) is 6.66. The van der Waals surface area contributed by atoms with Crippen LogP contribution in [0.1, 0.15) is 25.3 Å². The number of nitrogen functional groups attached to an aromatic ring is 1. The van der Waals surface area contributed by atoms with E-state index in [0.29, 0.717) is 11.9 Å². The molecule has 2 aromatic heterocycles. The van der Waals surface area contributed by atoms with Crippen molar-refractivity contribution >= 4 is 39.4 Å². The minimum Gasteiger partial charge on any atom is -0.383 e. The molecule has 0 bridgehead atoms. The zero-order valence-electron chi connectivity index (χ0n) is 9.17. The summed E-state index contributed by atoms with van der Waals surface area (Å²) in [5, 5.41) is 5.41. The normalized spacial score (nSPS) is 19.9. The Morgan fingerprint density at radius 3 is 3.06 bits per heavy atom. The number of halogens is 1. The van der Waals surface area contributed by atoms with Gasteiger partial charge in [-0.1, -0.05) is 12.2 Å². The van der Waals surface area contributed by atoms with Crippen LogP contribution in [0.25, 0.3) is 11.0 Å². The largest absolute Gasteiger partial charge is 0.383 e. The molecule has 88 valence electrons. The molecule has 1 unspecified atom stereocenters. The van der Waals surface area contributed by atoms with Crippen molar-refractivity contribution in [1.82, 2.24) is 19.7 Å². The number of nitrogens with zero attached hydrogens (tertiary/aromatic N) is 4. The van der Waals surface area contributed by atoms with Crippen LogP contribution in [0, 0.1) is 3.70 Å². The van der Waals surface area contributed by atoms with Crippen LogP contribution in [0.5, 0.6) is 0 Å². The van der Waals surface area contributed by atoms with Crippen LogP contribution in [0.2, 0.25) is 0 Å². The van der Waals surface area contributed by atoms with Gasteiger partial charge in [0.15, 0.2) is 5.65 Å². The summed E-state index contributed by atoms with van der Waals surface area (Å²) in [4.78, 5) is 8.33. The molecule has 17 heavy (non-hydrogen) atoms. The van der Waals surface area contributed by atoms with Crippen molar-refractivity contribution in [2.24, 2.45) is 0 Å². The van der Waals surface area contributed by atoms with E-state index < -0.39 is 0 Å². The van der Waals surface area contributed by atoms with Gasteiger partial charge in [0, 0.05) is 0 Å². The highest BCUT2D eigenvalue weighted by atomic mass is 127. The molecule has 0 fully saturated rings. The Morgan fingerprint density at radius 1 is 1.41 bits per heavy atom. The molecule has 5 nitrogen and oxygen atoms in total. The topological polar surface area (TPSA) is 69.6 Å². The molecule has 0 spiro atoms. The molecule has 1 atom stereocenters. The first-order valence-electron chi connectivity index (χ1n) is 5.58. The number of anilines is 1. The highest BCUT2D eigenvalue weighted by Gasteiger charge is 2.19. The lowest BCUT2D eigenvalue weighted by Crippen LogP contribution is -2.11. The zero-order valence-corrected chi connectivity index (χ0v) is 11.3. The van der Waals surface area contributed by atoms with Gasteiger partial charge in [0.1, 0.15) is 15.8 Å². The molecule has 3 rings (SSSR count). The summed E-state index contributed by atoms with van der Waals surface area (Å²) in [5.41, 5.74) is 6.70. The maximum absolute atomic E-state index is 5.87. The highest BCUT2D eigenvalue weighted by molar-refractivity contribution is 14.1. The van der Waals surface area contributed by atoms with E-state index in [2.05, 4.69) is 49.8 Å². The molecule has 0 aromatic carbocycles. The Balaban J connectivity index is 2.20. The van der Waals surface area contributed by atoms with Gasteiger partial charge in [-0.3, -0.25) is 0 Å². The van der Waals surface area contributed by atoms with Crippen molar-refractivity contribution in [2.75, 3.05) is 5.73 Å². The van der Waals surface area contributed by atoms with Crippen molar-refractivity contribution in [3.8, 4) is 0 Å². The second kappa shape index (κ2) is 4.25. The minimum atomic E-state index is 0.295. The van der Waals surface area contributed by atoms with Gasteiger partial charge in [-0.15, -0.1) is 0 Å². The van der Waals surface area contributed by atoms with E-state index in [-0.39, 0.29) is 0 Å². The third-order valence-electron chi connectivity index (χ3n) is 3.02. The monoisotopic (exact) mass is 341 g/mol. The number of aromatic nitrogens is 4. The van der Waals surface area contributed by atoms with Crippen LogP contribution in [0.4, 0.5) is 5.82 Å². The number of hydrogen-bond acceptors (Lipinski definition) is 4. The van der Waals surface area contributed by atoms with Crippen molar-refractivity contribution < 1.29 is 0 Å². The Morgan fingerprint density at radius 2 is 2.29 bits per heavy atom.